The van der Waals surface area contributed by atoms with Crippen molar-refractivity contribution in [1.29, 1.82) is 0 Å². The molecule has 0 aliphatic heterocycles. The summed E-state index contributed by atoms with van der Waals surface area (Å²) in [6.07, 6.45) is 4.92. The molecule has 0 heterocycles. The van der Waals surface area contributed by atoms with Crippen LogP contribution in [0.3, 0.4) is 0 Å². The van der Waals surface area contributed by atoms with Gasteiger partial charge in [0.2, 0.25) is 0 Å². The zero-order chi connectivity index (χ0) is 29.6. The first kappa shape index (κ1) is 34.9. The van der Waals surface area contributed by atoms with Gasteiger partial charge in [-0.3, -0.25) is 4.99 Å². The Bertz CT molecular complexity index is 1210. The predicted octanol–water partition coefficient (Wildman–Crippen LogP) is 8.55. The molecule has 0 amide bonds. The number of benzene rings is 3. The highest BCUT2D eigenvalue weighted by Gasteiger charge is 2.19. The van der Waals surface area contributed by atoms with Gasteiger partial charge in [-0.25, -0.2) is 0 Å². The highest BCUT2D eigenvalue weighted by molar-refractivity contribution is 7.94. The van der Waals surface area contributed by atoms with Crippen molar-refractivity contribution in [2.75, 3.05) is 6.26 Å². The first-order valence-electron chi connectivity index (χ1n) is 12.9. The molecule has 1 unspecified atom stereocenters. The maximum atomic E-state index is 10.00. The number of hydrogen-bond donors (Lipinski definition) is 2. The molecule has 0 aromatic heterocycles. The van der Waals surface area contributed by atoms with Crippen molar-refractivity contribution in [2.24, 2.45) is 4.99 Å². The van der Waals surface area contributed by atoms with Crippen LogP contribution in [-0.4, -0.2) is 27.8 Å². The molecular weight excluding hydrogens is 545 g/mol. The Hall–Kier alpha value is -2.14. The van der Waals surface area contributed by atoms with Crippen molar-refractivity contribution in [3.05, 3.63) is 94.1 Å². The van der Waals surface area contributed by atoms with E-state index >= 15 is 0 Å². The summed E-state index contributed by atoms with van der Waals surface area (Å²) in [6, 6.07) is 19.9. The highest BCUT2D eigenvalue weighted by atomic mass is 35.5. The SMILES string of the molecule is C/C=C(\N=C(C)c1c(P)cccc1Cl)C(C)(C)O.CCC.CSOc1cc(-c2ccc(C)cc2)ccc1CO. The van der Waals surface area contributed by atoms with Crippen LogP contribution in [0.4, 0.5) is 0 Å². The topological polar surface area (TPSA) is 62.1 Å². The lowest BCUT2D eigenvalue weighted by molar-refractivity contribution is 0.118. The Kier molecular flexibility index (Phi) is 15.7. The molecule has 3 aromatic carbocycles. The molecule has 4 nitrogen and oxygen atoms in total. The second kappa shape index (κ2) is 17.5. The fourth-order valence-electron chi connectivity index (χ4n) is 3.49. The zero-order valence-electron chi connectivity index (χ0n) is 24.4. The van der Waals surface area contributed by atoms with Gasteiger partial charge in [-0.05, 0) is 63.2 Å². The van der Waals surface area contributed by atoms with Crippen molar-refractivity contribution in [3.63, 3.8) is 0 Å². The molecule has 212 valence electrons. The lowest BCUT2D eigenvalue weighted by Gasteiger charge is -2.19. The van der Waals surface area contributed by atoms with Gasteiger partial charge < -0.3 is 14.4 Å². The number of hydrogen-bond acceptors (Lipinski definition) is 5. The summed E-state index contributed by atoms with van der Waals surface area (Å²) in [4.78, 5) is 4.49. The Morgan fingerprint density at radius 3 is 2.15 bits per heavy atom. The summed E-state index contributed by atoms with van der Waals surface area (Å²) in [5.74, 6) is 0.725. The van der Waals surface area contributed by atoms with E-state index in [2.05, 4.69) is 59.3 Å². The number of aryl methyl sites for hydroxylation is 1. The Labute approximate surface area is 247 Å². The second-order valence-corrected chi connectivity index (χ2v) is 11.0. The number of nitrogens with zero attached hydrogens (tertiary/aromatic N) is 1. The molecule has 2 N–H and O–H groups in total. The molecule has 0 bridgehead atoms. The van der Waals surface area contributed by atoms with Crippen LogP contribution in [0.1, 0.15) is 64.7 Å². The molecule has 0 radical (unpaired) electrons. The first-order valence-corrected chi connectivity index (χ1v) is 15.0. The zero-order valence-corrected chi connectivity index (χ0v) is 27.1. The third-order valence-corrected chi connectivity index (χ3v) is 6.53. The Morgan fingerprint density at radius 2 is 1.67 bits per heavy atom. The van der Waals surface area contributed by atoms with Crippen molar-refractivity contribution >= 4 is 43.9 Å². The van der Waals surface area contributed by atoms with Gasteiger partial charge in [0, 0.05) is 23.1 Å². The van der Waals surface area contributed by atoms with Crippen LogP contribution in [0.15, 0.2) is 77.4 Å². The van der Waals surface area contributed by atoms with Crippen molar-refractivity contribution in [3.8, 4) is 16.9 Å². The summed E-state index contributed by atoms with van der Waals surface area (Å²) >= 11 is 7.47. The van der Waals surface area contributed by atoms with E-state index in [0.717, 1.165) is 39.0 Å². The van der Waals surface area contributed by atoms with E-state index in [0.29, 0.717) is 10.7 Å². The standard InChI is InChI=1S/C15H16O2S.C14H19ClNOP.C3H8/c1-11-3-5-12(6-4-11)13-7-8-14(10-16)15(9-13)17-18-2;1-5-12(14(3,4)17)16-9(2)13-10(15)7-6-8-11(13)18;1-3-2/h3-9,16H,10H2,1-2H3;5-8,17H,18H2,1-4H3;3H2,1-2H3/b;12-5-,16-9?;. The number of aliphatic imine (C=N–C) groups is 1. The van der Waals surface area contributed by atoms with Crippen molar-refractivity contribution in [1.82, 2.24) is 0 Å². The number of aliphatic hydroxyl groups excluding tert-OH is 1. The van der Waals surface area contributed by atoms with E-state index in [1.807, 2.05) is 62.6 Å². The van der Waals surface area contributed by atoms with Gasteiger partial charge in [0.05, 0.1) is 29.4 Å². The maximum Gasteiger partial charge on any atom is 0.143 e. The molecule has 0 saturated carbocycles. The van der Waals surface area contributed by atoms with Crippen LogP contribution >= 0.6 is 32.9 Å². The Balaban J connectivity index is 0.000000354. The molecule has 0 spiro atoms. The predicted molar refractivity (Wildman–Crippen MR) is 176 cm³/mol. The van der Waals surface area contributed by atoms with Crippen LogP contribution in [0.2, 0.25) is 5.02 Å². The summed E-state index contributed by atoms with van der Waals surface area (Å²) in [5, 5.41) is 20.9. The quantitative estimate of drug-likeness (QED) is 0.165. The molecule has 0 saturated heterocycles. The van der Waals surface area contributed by atoms with Crippen LogP contribution in [0, 0.1) is 6.92 Å². The average molecular weight is 588 g/mol. The van der Waals surface area contributed by atoms with E-state index < -0.39 is 5.60 Å². The molecule has 0 aliphatic rings. The summed E-state index contributed by atoms with van der Waals surface area (Å²) < 4.78 is 5.47. The molecule has 1 atom stereocenters. The number of halogens is 1. The number of allylic oxidation sites excluding steroid dienone is 1. The third-order valence-electron chi connectivity index (χ3n) is 5.39. The lowest BCUT2D eigenvalue weighted by Crippen LogP contribution is -2.22. The average Bonchev–Trinajstić information content (AvgIpc) is 2.88. The molecule has 3 aromatic rings. The molecule has 0 aliphatic carbocycles. The van der Waals surface area contributed by atoms with Crippen LogP contribution in [-0.2, 0) is 6.61 Å². The van der Waals surface area contributed by atoms with Crippen molar-refractivity contribution in [2.45, 2.75) is 67.1 Å². The van der Waals surface area contributed by atoms with Crippen LogP contribution in [0.5, 0.6) is 5.75 Å². The van der Waals surface area contributed by atoms with Gasteiger partial charge in [-0.15, -0.1) is 9.24 Å². The van der Waals surface area contributed by atoms with Crippen LogP contribution < -0.4 is 9.49 Å². The van der Waals surface area contributed by atoms with Gasteiger partial charge in [-0.1, -0.05) is 92.0 Å². The van der Waals surface area contributed by atoms with E-state index in [9.17, 15) is 10.2 Å². The first-order chi connectivity index (χ1) is 18.4. The molecule has 7 heteroatoms. The minimum absolute atomic E-state index is 0.00985. The van der Waals surface area contributed by atoms with Gasteiger partial charge >= 0.3 is 0 Å². The van der Waals surface area contributed by atoms with Gasteiger partial charge in [-0.2, -0.15) is 0 Å². The van der Waals surface area contributed by atoms with Gasteiger partial charge in [0.1, 0.15) is 11.4 Å². The lowest BCUT2D eigenvalue weighted by atomic mass is 10.0. The Morgan fingerprint density at radius 1 is 1.08 bits per heavy atom. The maximum absolute atomic E-state index is 10.00. The minimum atomic E-state index is -0.960. The van der Waals surface area contributed by atoms with E-state index in [1.54, 1.807) is 13.8 Å². The van der Waals surface area contributed by atoms with Gasteiger partial charge in [0.25, 0.3) is 0 Å². The largest absolute Gasteiger partial charge is 0.426 e. The fraction of sp³-hybridized carbons (Fsp3) is 0.344. The molecule has 39 heavy (non-hydrogen) atoms. The summed E-state index contributed by atoms with van der Waals surface area (Å²) in [6.45, 7) is 13.5. The summed E-state index contributed by atoms with van der Waals surface area (Å²) in [7, 11) is 2.65. The van der Waals surface area contributed by atoms with E-state index in [4.69, 9.17) is 15.8 Å². The molecule has 0 fully saturated rings. The number of aliphatic hydroxyl groups is 2. The monoisotopic (exact) mass is 587 g/mol. The summed E-state index contributed by atoms with van der Waals surface area (Å²) in [5.41, 5.74) is 5.65. The second-order valence-electron chi connectivity index (χ2n) is 9.44. The molecule has 3 rings (SSSR count). The van der Waals surface area contributed by atoms with Crippen LogP contribution in [0.25, 0.3) is 11.1 Å². The minimum Gasteiger partial charge on any atom is -0.426 e. The fourth-order valence-corrected chi connectivity index (χ4v) is 4.71. The smallest absolute Gasteiger partial charge is 0.143 e. The number of rotatable bonds is 7. The normalized spacial score (nSPS) is 11.7. The third kappa shape index (κ3) is 11.5. The van der Waals surface area contributed by atoms with Gasteiger partial charge in [0.15, 0.2) is 0 Å². The van der Waals surface area contributed by atoms with E-state index in [-0.39, 0.29) is 6.61 Å². The van der Waals surface area contributed by atoms with E-state index in [1.165, 1.54) is 24.0 Å². The molecular formula is C32H43ClNO3PS. The van der Waals surface area contributed by atoms with Crippen molar-refractivity contribution < 1.29 is 14.4 Å². The highest BCUT2D eigenvalue weighted by Crippen LogP contribution is 2.29.